The van der Waals surface area contributed by atoms with Gasteiger partial charge in [0.15, 0.2) is 17.2 Å². The summed E-state index contributed by atoms with van der Waals surface area (Å²) in [6.45, 7) is 3.87. The number of alkyl halides is 3. The Bertz CT molecular complexity index is 1230. The van der Waals surface area contributed by atoms with Crippen LogP contribution >= 0.6 is 11.6 Å². The first kappa shape index (κ1) is 28.8. The van der Waals surface area contributed by atoms with Crippen LogP contribution < -0.4 is 20.3 Å². The van der Waals surface area contributed by atoms with Crippen molar-refractivity contribution in [2.75, 3.05) is 4.90 Å². The molecule has 0 spiro atoms. The summed E-state index contributed by atoms with van der Waals surface area (Å²) in [5.74, 6) is -3.13. The molecule has 4 rings (SSSR count). The number of hydrogen-bond acceptors (Lipinski definition) is 5. The maximum Gasteiger partial charge on any atom is 0.408 e. The molecule has 0 aliphatic carbocycles. The van der Waals surface area contributed by atoms with E-state index in [-0.39, 0.29) is 34.5 Å². The first-order valence-corrected chi connectivity index (χ1v) is 12.8. The first-order valence-electron chi connectivity index (χ1n) is 12.4. The number of aromatic nitrogens is 1. The van der Waals surface area contributed by atoms with Gasteiger partial charge < -0.3 is 20.3 Å². The van der Waals surface area contributed by atoms with Crippen LogP contribution in [-0.4, -0.2) is 52.7 Å². The van der Waals surface area contributed by atoms with Crippen molar-refractivity contribution in [1.29, 1.82) is 0 Å². The number of carbonyl (C=O) groups is 2. The van der Waals surface area contributed by atoms with E-state index in [2.05, 4.69) is 15.2 Å². The molecule has 2 bridgehead atoms. The zero-order chi connectivity index (χ0) is 28.7. The number of amides is 2. The molecule has 2 N–H and O–H groups in total. The van der Waals surface area contributed by atoms with E-state index in [4.69, 9.17) is 16.3 Å². The molecule has 2 saturated heterocycles. The summed E-state index contributed by atoms with van der Waals surface area (Å²) < 4.78 is 70.9. The molecule has 0 radical (unpaired) electrons. The van der Waals surface area contributed by atoms with E-state index in [0.29, 0.717) is 18.7 Å². The summed E-state index contributed by atoms with van der Waals surface area (Å²) in [6.07, 6.45) is -0.364. The average molecular weight is 575 g/mol. The molecule has 1 aromatic carbocycles. The number of anilines is 1. The van der Waals surface area contributed by atoms with Gasteiger partial charge in [0.2, 0.25) is 0 Å². The number of nitrogens with zero attached hydrogens (tertiary/aromatic N) is 2. The molecule has 2 fully saturated rings. The number of rotatable bonds is 7. The van der Waals surface area contributed by atoms with Gasteiger partial charge in [-0.2, -0.15) is 13.2 Å². The highest BCUT2D eigenvalue weighted by atomic mass is 35.5. The summed E-state index contributed by atoms with van der Waals surface area (Å²) in [5.41, 5.74) is -1.40. The van der Waals surface area contributed by atoms with Gasteiger partial charge in [-0.3, -0.25) is 9.59 Å². The molecule has 212 valence electrons. The van der Waals surface area contributed by atoms with Crippen molar-refractivity contribution in [1.82, 2.24) is 15.6 Å². The number of halogens is 6. The Morgan fingerprint density at radius 2 is 1.72 bits per heavy atom. The van der Waals surface area contributed by atoms with E-state index in [1.54, 1.807) is 6.07 Å². The second-order valence-electron chi connectivity index (χ2n) is 10.4. The van der Waals surface area contributed by atoms with Gasteiger partial charge >= 0.3 is 6.18 Å². The van der Waals surface area contributed by atoms with E-state index in [1.807, 2.05) is 5.32 Å². The number of benzene rings is 1. The molecule has 2 aliphatic rings. The van der Waals surface area contributed by atoms with Gasteiger partial charge in [0.25, 0.3) is 11.8 Å². The van der Waals surface area contributed by atoms with Crippen LogP contribution in [0.2, 0.25) is 5.02 Å². The smallest absolute Gasteiger partial charge is 0.408 e. The van der Waals surface area contributed by atoms with Gasteiger partial charge in [-0.05, 0) is 64.7 Å². The maximum atomic E-state index is 13.6. The van der Waals surface area contributed by atoms with Crippen LogP contribution in [-0.2, 0) is 4.79 Å². The highest BCUT2D eigenvalue weighted by Gasteiger charge is 2.43. The quantitative estimate of drug-likeness (QED) is 0.352. The number of pyridine rings is 1. The van der Waals surface area contributed by atoms with Gasteiger partial charge in [-0.15, -0.1) is 0 Å². The molecule has 3 heterocycles. The standard InChI is InChI=1S/C26H28ClF5N4O3/c1-13(26(30,31)32)34-23(37)14-4-7-22(33-12-14)36-16-5-6-17(36)9-15(8-16)35-24(38)25(2,3)39-21-11-20(29)19(28)10-18(21)27/h4,7,10-13,15-17H,5-6,8-9H2,1-3H3,(H,34,37)(H,35,38). The van der Waals surface area contributed by atoms with Crippen LogP contribution in [0.5, 0.6) is 5.75 Å². The van der Waals surface area contributed by atoms with Crippen LogP contribution in [0.1, 0.15) is 56.8 Å². The van der Waals surface area contributed by atoms with E-state index in [0.717, 1.165) is 31.9 Å². The summed E-state index contributed by atoms with van der Waals surface area (Å²) in [7, 11) is 0. The van der Waals surface area contributed by atoms with Crippen LogP contribution in [0.3, 0.4) is 0 Å². The monoisotopic (exact) mass is 574 g/mol. The van der Waals surface area contributed by atoms with E-state index >= 15 is 0 Å². The number of ether oxygens (including phenoxy) is 1. The van der Waals surface area contributed by atoms with Crippen molar-refractivity contribution in [3.8, 4) is 5.75 Å². The molecule has 0 saturated carbocycles. The largest absolute Gasteiger partial charge is 0.476 e. The number of nitrogens with one attached hydrogen (secondary N) is 2. The highest BCUT2D eigenvalue weighted by molar-refractivity contribution is 6.32. The third-order valence-corrected chi connectivity index (χ3v) is 7.36. The summed E-state index contributed by atoms with van der Waals surface area (Å²) >= 11 is 5.95. The van der Waals surface area contributed by atoms with Crippen molar-refractivity contribution in [3.05, 3.63) is 52.7 Å². The van der Waals surface area contributed by atoms with E-state index in [1.165, 1.54) is 26.1 Å². The Labute approximate surface area is 227 Å². The van der Waals surface area contributed by atoms with Crippen molar-refractivity contribution in [3.63, 3.8) is 0 Å². The maximum absolute atomic E-state index is 13.6. The second kappa shape index (κ2) is 10.8. The van der Waals surface area contributed by atoms with E-state index < -0.39 is 41.3 Å². The van der Waals surface area contributed by atoms with Crippen molar-refractivity contribution < 1.29 is 36.3 Å². The molecule has 2 amide bonds. The SMILES string of the molecule is CC(NC(=O)c1ccc(N2C3CCC2CC(NC(=O)C(C)(C)Oc2cc(F)c(F)cc2Cl)C3)nc1)C(F)(F)F. The number of hydrogen-bond donors (Lipinski definition) is 2. The van der Waals surface area contributed by atoms with Crippen LogP contribution in [0.25, 0.3) is 0 Å². The van der Waals surface area contributed by atoms with Gasteiger partial charge in [-0.25, -0.2) is 13.8 Å². The number of carbonyl (C=O) groups excluding carboxylic acids is 2. The minimum absolute atomic E-state index is 0.0210. The first-order chi connectivity index (χ1) is 18.2. The molecule has 7 nitrogen and oxygen atoms in total. The normalized spacial score (nSPS) is 21.9. The number of piperidine rings is 1. The fourth-order valence-electron chi connectivity index (χ4n) is 4.97. The second-order valence-corrected chi connectivity index (χ2v) is 10.8. The lowest BCUT2D eigenvalue weighted by molar-refractivity contribution is -0.149. The summed E-state index contributed by atoms with van der Waals surface area (Å²) in [5, 5.41) is 4.74. The Morgan fingerprint density at radius 1 is 1.10 bits per heavy atom. The number of fused-ring (bicyclic) bond motifs is 2. The van der Waals surface area contributed by atoms with Gasteiger partial charge in [0.1, 0.15) is 17.6 Å². The topological polar surface area (TPSA) is 83.6 Å². The molecule has 39 heavy (non-hydrogen) atoms. The van der Waals surface area contributed by atoms with Crippen LogP contribution in [0.15, 0.2) is 30.5 Å². The Kier molecular flexibility index (Phi) is 7.98. The Morgan fingerprint density at radius 3 is 2.28 bits per heavy atom. The van der Waals surface area contributed by atoms with Crippen molar-refractivity contribution in [2.45, 2.75) is 82.4 Å². The third-order valence-electron chi connectivity index (χ3n) is 7.07. The van der Waals surface area contributed by atoms with Gasteiger partial charge in [0, 0.05) is 30.4 Å². The molecular formula is C26H28ClF5N4O3. The lowest BCUT2D eigenvalue weighted by Gasteiger charge is -2.40. The van der Waals surface area contributed by atoms with Crippen LogP contribution in [0, 0.1) is 11.6 Å². The minimum atomic E-state index is -4.55. The summed E-state index contributed by atoms with van der Waals surface area (Å²) in [4.78, 5) is 31.7. The highest BCUT2D eigenvalue weighted by Crippen LogP contribution is 2.39. The Hall–Kier alpha value is -3.15. The Balaban J connectivity index is 1.37. The van der Waals surface area contributed by atoms with Crippen LogP contribution in [0.4, 0.5) is 27.8 Å². The fourth-order valence-corrected chi connectivity index (χ4v) is 5.16. The zero-order valence-corrected chi connectivity index (χ0v) is 22.2. The fraction of sp³-hybridized carbons (Fsp3) is 0.500. The molecule has 2 aliphatic heterocycles. The average Bonchev–Trinajstić information content (AvgIpc) is 3.11. The third kappa shape index (κ3) is 6.37. The zero-order valence-electron chi connectivity index (χ0n) is 21.4. The molecule has 2 aromatic rings. The molecule has 3 atom stereocenters. The van der Waals surface area contributed by atoms with Gasteiger partial charge in [-0.1, -0.05) is 11.6 Å². The van der Waals surface area contributed by atoms with Gasteiger partial charge in [0.05, 0.1) is 10.6 Å². The van der Waals surface area contributed by atoms with Crippen molar-refractivity contribution in [2.24, 2.45) is 0 Å². The van der Waals surface area contributed by atoms with Crippen molar-refractivity contribution >= 4 is 29.2 Å². The predicted molar refractivity (Wildman–Crippen MR) is 134 cm³/mol. The minimum Gasteiger partial charge on any atom is -0.476 e. The molecule has 1 aromatic heterocycles. The van der Waals surface area contributed by atoms with E-state index in [9.17, 15) is 31.5 Å². The molecule has 13 heteroatoms. The lowest BCUT2D eigenvalue weighted by Crippen LogP contribution is -2.55. The molecule has 3 unspecified atom stereocenters. The predicted octanol–water partition coefficient (Wildman–Crippen LogP) is 5.17. The lowest BCUT2D eigenvalue weighted by atomic mass is 9.96. The molecular weight excluding hydrogens is 547 g/mol. The summed E-state index contributed by atoms with van der Waals surface area (Å²) in [6, 6.07) is 2.57.